The van der Waals surface area contributed by atoms with Gasteiger partial charge in [-0.2, -0.15) is 0 Å². The molecule has 1 aliphatic heterocycles. The maximum Gasteiger partial charge on any atom is 0.428 e. The lowest BCUT2D eigenvalue weighted by Crippen LogP contribution is -2.60. The fraction of sp³-hybridized carbons (Fsp3) is 1.00. The second-order valence-electron chi connectivity index (χ2n) is 7.75. The summed E-state index contributed by atoms with van der Waals surface area (Å²) in [6.07, 6.45) is 7.01. The summed E-state index contributed by atoms with van der Waals surface area (Å²) in [4.78, 5) is 0. The number of hydrogen-bond acceptors (Lipinski definition) is 3. The maximum absolute atomic E-state index is 5.98. The van der Waals surface area contributed by atoms with Gasteiger partial charge < -0.3 is 8.85 Å². The third-order valence-electron chi connectivity index (χ3n) is 4.06. The number of hydrogen-bond donors (Lipinski definition) is 0. The van der Waals surface area contributed by atoms with Crippen LogP contribution in [0.4, 0.5) is 0 Å². The normalized spacial score (nSPS) is 22.8. The van der Waals surface area contributed by atoms with E-state index in [-0.39, 0.29) is 5.54 Å². The van der Waals surface area contributed by atoms with Gasteiger partial charge in [0.15, 0.2) is 0 Å². The van der Waals surface area contributed by atoms with Gasteiger partial charge in [-0.25, -0.2) is 0 Å². The van der Waals surface area contributed by atoms with Crippen LogP contribution in [-0.4, -0.2) is 39.1 Å². The van der Waals surface area contributed by atoms with Crippen LogP contribution in [-0.2, 0) is 8.85 Å². The van der Waals surface area contributed by atoms with Crippen LogP contribution in [0.15, 0.2) is 0 Å². The molecule has 1 fully saturated rings. The van der Waals surface area contributed by atoms with Crippen molar-refractivity contribution >= 4 is 8.72 Å². The molecule has 1 rings (SSSR count). The molecule has 1 aliphatic rings. The van der Waals surface area contributed by atoms with Crippen molar-refractivity contribution in [3.8, 4) is 0 Å². The predicted octanol–water partition coefficient (Wildman–Crippen LogP) is 5.34. The molecule has 0 radical (unpaired) electrons. The first kappa shape index (κ1) is 22.1. The minimum Gasteiger partial charge on any atom is -0.386 e. The molecule has 134 valence electrons. The monoisotopic (exact) mass is 331 g/mol. The van der Waals surface area contributed by atoms with Gasteiger partial charge in [0.2, 0.25) is 0 Å². The Kier molecular flexibility index (Phi) is 10.8. The van der Waals surface area contributed by atoms with Crippen molar-refractivity contribution < 1.29 is 8.85 Å². The zero-order valence-electron chi connectivity index (χ0n) is 16.5. The Labute approximate surface area is 141 Å². The predicted molar refractivity (Wildman–Crippen MR) is 99.3 cm³/mol. The lowest BCUT2D eigenvalue weighted by atomic mass is 10.1. The van der Waals surface area contributed by atoms with E-state index in [4.69, 9.17) is 8.85 Å². The molecule has 0 bridgehead atoms. The van der Waals surface area contributed by atoms with E-state index in [1.54, 1.807) is 7.11 Å². The molecule has 1 heterocycles. The first-order chi connectivity index (χ1) is 10.2. The van der Waals surface area contributed by atoms with Crippen LogP contribution < -0.4 is 0 Å². The minimum atomic E-state index is -2.10. The molecule has 0 N–H and O–H groups in total. The Morgan fingerprint density at radius 3 is 2.00 bits per heavy atom. The maximum atomic E-state index is 5.98. The highest BCUT2D eigenvalue weighted by atomic mass is 28.4. The summed E-state index contributed by atoms with van der Waals surface area (Å²) in [5.41, 5.74) is 0.146. The van der Waals surface area contributed by atoms with Crippen molar-refractivity contribution in [3.63, 3.8) is 0 Å². The zero-order valence-corrected chi connectivity index (χ0v) is 17.5. The topological polar surface area (TPSA) is 21.7 Å². The summed E-state index contributed by atoms with van der Waals surface area (Å²) in [5, 5.41) is 0. The number of unbranched alkanes of at least 4 members (excludes halogenated alkanes) is 4. The van der Waals surface area contributed by atoms with Crippen LogP contribution in [0.3, 0.4) is 0 Å². The van der Waals surface area contributed by atoms with Crippen molar-refractivity contribution in [1.82, 2.24) is 4.57 Å². The van der Waals surface area contributed by atoms with Gasteiger partial charge in [-0.1, -0.05) is 59.8 Å². The fourth-order valence-corrected chi connectivity index (χ4v) is 6.90. The molecular weight excluding hydrogens is 290 g/mol. The van der Waals surface area contributed by atoms with Gasteiger partial charge in [0.1, 0.15) is 0 Å². The lowest BCUT2D eigenvalue weighted by Gasteiger charge is -2.41. The Bertz CT molecular complexity index is 275. The Morgan fingerprint density at radius 2 is 1.64 bits per heavy atom. The molecule has 22 heavy (non-hydrogen) atoms. The van der Waals surface area contributed by atoms with Gasteiger partial charge in [0.05, 0.1) is 0 Å². The average molecular weight is 332 g/mol. The van der Waals surface area contributed by atoms with Crippen molar-refractivity contribution in [2.24, 2.45) is 5.92 Å². The third kappa shape index (κ3) is 7.58. The highest BCUT2D eigenvalue weighted by molar-refractivity contribution is 6.65. The highest BCUT2D eigenvalue weighted by Gasteiger charge is 2.52. The largest absolute Gasteiger partial charge is 0.428 e. The van der Waals surface area contributed by atoms with Gasteiger partial charge >= 0.3 is 8.72 Å². The molecule has 0 spiro atoms. The van der Waals surface area contributed by atoms with Gasteiger partial charge in [-0.15, -0.1) is 0 Å². The van der Waals surface area contributed by atoms with Crippen LogP contribution in [0.25, 0.3) is 0 Å². The molecule has 0 saturated carbocycles. The van der Waals surface area contributed by atoms with Crippen LogP contribution in [0, 0.1) is 5.92 Å². The SMILES string of the molecule is CCCCCCC.CO[Si]1(CC(C)C)OCCN1C(C)(C)C. The number of rotatable bonds is 7. The Balaban J connectivity index is 0.000000534. The number of nitrogens with zero attached hydrogens (tertiary/aromatic N) is 1. The Hall–Kier alpha value is 0.0969. The summed E-state index contributed by atoms with van der Waals surface area (Å²) < 4.78 is 14.2. The standard InChI is InChI=1S/C11H25NO2Si.C7H16/c1-10(2)9-15(13-6)12(7-8-14-15)11(3,4)5;1-3-5-7-6-4-2/h10H,7-9H2,1-6H3;3-7H2,1-2H3. The van der Waals surface area contributed by atoms with Crippen molar-refractivity contribution in [2.75, 3.05) is 20.3 Å². The van der Waals surface area contributed by atoms with E-state index in [0.717, 1.165) is 19.2 Å². The van der Waals surface area contributed by atoms with E-state index in [9.17, 15) is 0 Å². The molecular formula is C18H41NO2Si. The summed E-state index contributed by atoms with van der Waals surface area (Å²) in [6, 6.07) is 1.06. The summed E-state index contributed by atoms with van der Waals surface area (Å²) >= 11 is 0. The summed E-state index contributed by atoms with van der Waals surface area (Å²) in [5.74, 6) is 0.625. The molecule has 0 amide bonds. The molecule has 1 unspecified atom stereocenters. The molecule has 0 aromatic carbocycles. The van der Waals surface area contributed by atoms with Crippen LogP contribution in [0.2, 0.25) is 6.04 Å². The quantitative estimate of drug-likeness (QED) is 0.464. The molecule has 0 aromatic rings. The van der Waals surface area contributed by atoms with Crippen molar-refractivity contribution in [2.45, 2.75) is 92.2 Å². The fourth-order valence-electron chi connectivity index (χ4n) is 3.01. The first-order valence-corrected chi connectivity index (χ1v) is 11.2. The smallest absolute Gasteiger partial charge is 0.386 e. The van der Waals surface area contributed by atoms with E-state index in [0.29, 0.717) is 5.92 Å². The minimum absolute atomic E-state index is 0.146. The van der Waals surface area contributed by atoms with E-state index in [2.05, 4.69) is 53.0 Å². The molecule has 0 aliphatic carbocycles. The second kappa shape index (κ2) is 10.8. The van der Waals surface area contributed by atoms with Crippen molar-refractivity contribution in [1.29, 1.82) is 0 Å². The van der Waals surface area contributed by atoms with Gasteiger partial charge in [-0.05, 0) is 26.7 Å². The Morgan fingerprint density at radius 1 is 1.09 bits per heavy atom. The molecule has 0 aromatic heterocycles. The average Bonchev–Trinajstić information content (AvgIpc) is 2.83. The van der Waals surface area contributed by atoms with E-state index >= 15 is 0 Å². The first-order valence-electron chi connectivity index (χ1n) is 9.20. The highest BCUT2D eigenvalue weighted by Crippen LogP contribution is 2.33. The van der Waals surface area contributed by atoms with E-state index in [1.165, 1.54) is 32.1 Å². The molecule has 1 saturated heterocycles. The summed E-state index contributed by atoms with van der Waals surface area (Å²) in [7, 11) is -0.297. The lowest BCUT2D eigenvalue weighted by molar-refractivity contribution is 0.165. The molecule has 3 nitrogen and oxygen atoms in total. The third-order valence-corrected chi connectivity index (χ3v) is 8.40. The van der Waals surface area contributed by atoms with Crippen LogP contribution in [0.1, 0.15) is 80.6 Å². The molecule has 1 atom stereocenters. The van der Waals surface area contributed by atoms with Crippen LogP contribution in [0.5, 0.6) is 0 Å². The van der Waals surface area contributed by atoms with E-state index in [1.807, 2.05) is 0 Å². The van der Waals surface area contributed by atoms with Gasteiger partial charge in [-0.3, -0.25) is 4.57 Å². The van der Waals surface area contributed by atoms with Gasteiger partial charge in [0, 0.05) is 31.8 Å². The second-order valence-corrected chi connectivity index (χ2v) is 10.8. The molecule has 4 heteroatoms. The van der Waals surface area contributed by atoms with Gasteiger partial charge in [0.25, 0.3) is 0 Å². The zero-order chi connectivity index (χ0) is 17.2. The van der Waals surface area contributed by atoms with E-state index < -0.39 is 8.72 Å². The van der Waals surface area contributed by atoms with Crippen LogP contribution >= 0.6 is 0 Å². The summed E-state index contributed by atoms with van der Waals surface area (Å²) in [6.45, 7) is 17.5. The van der Waals surface area contributed by atoms with Crippen molar-refractivity contribution in [3.05, 3.63) is 0 Å².